The smallest absolute Gasteiger partial charge is 0.0605 e. The zero-order valence-electron chi connectivity index (χ0n) is 11.8. The summed E-state index contributed by atoms with van der Waals surface area (Å²) in [6.07, 6.45) is 9.52. The van der Waals surface area contributed by atoms with Crippen molar-refractivity contribution in [2.24, 2.45) is 5.41 Å². The van der Waals surface area contributed by atoms with Crippen LogP contribution in [0, 0.1) is 5.41 Å². The Balaban J connectivity index is 1.59. The molecule has 1 fully saturated rings. The van der Waals surface area contributed by atoms with Gasteiger partial charge in [0.2, 0.25) is 0 Å². The van der Waals surface area contributed by atoms with Gasteiger partial charge in [-0.2, -0.15) is 0 Å². The van der Waals surface area contributed by atoms with Gasteiger partial charge in [0.1, 0.15) is 0 Å². The van der Waals surface area contributed by atoms with Crippen LogP contribution >= 0.6 is 0 Å². The SMILES string of the molecule is COCCC1(CNC2CCCc3cccnc32)CC1. The average molecular weight is 260 g/mol. The molecule has 0 spiro atoms. The number of hydrogen-bond acceptors (Lipinski definition) is 3. The number of methoxy groups -OCH3 is 1. The second-order valence-corrected chi connectivity index (χ2v) is 6.12. The molecule has 0 amide bonds. The molecule has 0 saturated heterocycles. The van der Waals surface area contributed by atoms with Crippen LogP contribution in [0.4, 0.5) is 0 Å². The second-order valence-electron chi connectivity index (χ2n) is 6.12. The van der Waals surface area contributed by atoms with E-state index in [9.17, 15) is 0 Å². The highest BCUT2D eigenvalue weighted by Gasteiger charge is 2.42. The van der Waals surface area contributed by atoms with Crippen LogP contribution in [0.1, 0.15) is 49.4 Å². The summed E-state index contributed by atoms with van der Waals surface area (Å²) in [5.74, 6) is 0. The maximum absolute atomic E-state index is 5.23. The number of hydrogen-bond donors (Lipinski definition) is 1. The molecular weight excluding hydrogens is 236 g/mol. The molecule has 3 nitrogen and oxygen atoms in total. The second kappa shape index (κ2) is 5.59. The molecule has 0 aromatic carbocycles. The van der Waals surface area contributed by atoms with E-state index in [1.807, 2.05) is 6.20 Å². The fourth-order valence-corrected chi connectivity index (χ4v) is 3.16. The summed E-state index contributed by atoms with van der Waals surface area (Å²) >= 11 is 0. The summed E-state index contributed by atoms with van der Waals surface area (Å²) in [5, 5.41) is 3.77. The van der Waals surface area contributed by atoms with Gasteiger partial charge in [0.05, 0.1) is 5.69 Å². The zero-order chi connectivity index (χ0) is 13.1. The van der Waals surface area contributed by atoms with Crippen molar-refractivity contribution >= 4 is 0 Å². The van der Waals surface area contributed by atoms with Crippen molar-refractivity contribution in [1.29, 1.82) is 0 Å². The third kappa shape index (κ3) is 2.98. The van der Waals surface area contributed by atoms with Gasteiger partial charge in [-0.15, -0.1) is 0 Å². The molecule has 1 N–H and O–H groups in total. The lowest BCUT2D eigenvalue weighted by molar-refractivity contribution is 0.169. The summed E-state index contributed by atoms with van der Waals surface area (Å²) in [6.45, 7) is 2.01. The molecule has 3 rings (SSSR count). The lowest BCUT2D eigenvalue weighted by atomic mass is 9.91. The van der Waals surface area contributed by atoms with E-state index in [2.05, 4.69) is 22.4 Å². The van der Waals surface area contributed by atoms with Crippen LogP contribution < -0.4 is 5.32 Å². The Labute approximate surface area is 115 Å². The number of fused-ring (bicyclic) bond motifs is 1. The minimum Gasteiger partial charge on any atom is -0.385 e. The number of nitrogens with zero attached hydrogens (tertiary/aromatic N) is 1. The number of aromatic nitrogens is 1. The van der Waals surface area contributed by atoms with Crippen molar-refractivity contribution in [2.75, 3.05) is 20.3 Å². The van der Waals surface area contributed by atoms with Gasteiger partial charge in [-0.25, -0.2) is 0 Å². The highest BCUT2D eigenvalue weighted by atomic mass is 16.5. The molecule has 2 aliphatic carbocycles. The minimum atomic E-state index is 0.463. The summed E-state index contributed by atoms with van der Waals surface area (Å²) < 4.78 is 5.23. The van der Waals surface area contributed by atoms with Crippen molar-refractivity contribution in [3.63, 3.8) is 0 Å². The van der Waals surface area contributed by atoms with E-state index in [1.165, 1.54) is 49.8 Å². The Morgan fingerprint density at radius 3 is 3.16 bits per heavy atom. The maximum Gasteiger partial charge on any atom is 0.0605 e. The van der Waals surface area contributed by atoms with Crippen LogP contribution in [-0.4, -0.2) is 25.2 Å². The molecule has 0 bridgehead atoms. The van der Waals surface area contributed by atoms with Gasteiger partial charge in [0.25, 0.3) is 0 Å². The standard InChI is InChI=1S/C16H24N2O/c1-19-11-9-16(7-8-16)12-18-14-6-2-4-13-5-3-10-17-15(13)14/h3,5,10,14,18H,2,4,6-9,11-12H2,1H3. The lowest BCUT2D eigenvalue weighted by Gasteiger charge is -2.27. The molecule has 1 heterocycles. The summed E-state index contributed by atoms with van der Waals surface area (Å²) in [5.41, 5.74) is 3.24. The predicted octanol–water partition coefficient (Wildman–Crippen LogP) is 2.87. The first-order chi connectivity index (χ1) is 9.33. The van der Waals surface area contributed by atoms with Crippen molar-refractivity contribution < 1.29 is 4.74 Å². The van der Waals surface area contributed by atoms with E-state index in [0.717, 1.165) is 13.2 Å². The number of ether oxygens (including phenoxy) is 1. The van der Waals surface area contributed by atoms with Crippen LogP contribution in [0.25, 0.3) is 0 Å². The first kappa shape index (κ1) is 13.1. The lowest BCUT2D eigenvalue weighted by Crippen LogP contribution is -2.31. The molecule has 1 atom stereocenters. The van der Waals surface area contributed by atoms with E-state index in [0.29, 0.717) is 11.5 Å². The number of pyridine rings is 1. The van der Waals surface area contributed by atoms with Crippen LogP contribution in [0.2, 0.25) is 0 Å². The predicted molar refractivity (Wildman–Crippen MR) is 76.1 cm³/mol. The van der Waals surface area contributed by atoms with Gasteiger partial charge in [-0.3, -0.25) is 4.98 Å². The fourth-order valence-electron chi connectivity index (χ4n) is 3.16. The van der Waals surface area contributed by atoms with Gasteiger partial charge in [-0.05, 0) is 55.6 Å². The van der Waals surface area contributed by atoms with Crippen LogP contribution in [0.15, 0.2) is 18.3 Å². The van der Waals surface area contributed by atoms with E-state index in [-0.39, 0.29) is 0 Å². The molecule has 0 radical (unpaired) electrons. The molecule has 2 aliphatic rings. The average Bonchev–Trinajstić information content (AvgIpc) is 3.23. The topological polar surface area (TPSA) is 34.1 Å². The van der Waals surface area contributed by atoms with E-state index in [4.69, 9.17) is 4.74 Å². The van der Waals surface area contributed by atoms with Crippen molar-refractivity contribution in [2.45, 2.75) is 44.6 Å². The molecule has 1 aromatic heterocycles. The first-order valence-electron chi connectivity index (χ1n) is 7.49. The minimum absolute atomic E-state index is 0.463. The molecule has 19 heavy (non-hydrogen) atoms. The molecule has 1 aromatic rings. The quantitative estimate of drug-likeness (QED) is 0.854. The Bertz CT molecular complexity index is 429. The molecule has 1 saturated carbocycles. The summed E-state index contributed by atoms with van der Waals surface area (Å²) in [4.78, 5) is 4.60. The first-order valence-corrected chi connectivity index (χ1v) is 7.49. The molecule has 1 unspecified atom stereocenters. The number of nitrogens with one attached hydrogen (secondary N) is 1. The van der Waals surface area contributed by atoms with Crippen LogP contribution in [-0.2, 0) is 11.2 Å². The maximum atomic E-state index is 5.23. The third-order valence-electron chi connectivity index (χ3n) is 4.71. The number of aryl methyl sites for hydroxylation is 1. The van der Waals surface area contributed by atoms with Gasteiger partial charge < -0.3 is 10.1 Å². The Hall–Kier alpha value is -0.930. The van der Waals surface area contributed by atoms with Crippen molar-refractivity contribution in [1.82, 2.24) is 10.3 Å². The summed E-state index contributed by atoms with van der Waals surface area (Å²) in [7, 11) is 1.80. The van der Waals surface area contributed by atoms with E-state index >= 15 is 0 Å². The zero-order valence-corrected chi connectivity index (χ0v) is 11.8. The monoisotopic (exact) mass is 260 g/mol. The largest absolute Gasteiger partial charge is 0.385 e. The van der Waals surface area contributed by atoms with Gasteiger partial charge in [0, 0.05) is 32.5 Å². The van der Waals surface area contributed by atoms with Gasteiger partial charge >= 0.3 is 0 Å². The Morgan fingerprint density at radius 1 is 1.47 bits per heavy atom. The molecule has 104 valence electrons. The Kier molecular flexibility index (Phi) is 3.85. The third-order valence-corrected chi connectivity index (χ3v) is 4.71. The highest BCUT2D eigenvalue weighted by molar-refractivity contribution is 5.25. The highest BCUT2D eigenvalue weighted by Crippen LogP contribution is 2.48. The van der Waals surface area contributed by atoms with Gasteiger partial charge in [0.15, 0.2) is 0 Å². The van der Waals surface area contributed by atoms with Crippen molar-refractivity contribution in [3.05, 3.63) is 29.6 Å². The molecule has 3 heteroatoms. The van der Waals surface area contributed by atoms with Gasteiger partial charge in [-0.1, -0.05) is 6.07 Å². The van der Waals surface area contributed by atoms with Crippen molar-refractivity contribution in [3.8, 4) is 0 Å². The fraction of sp³-hybridized carbons (Fsp3) is 0.688. The summed E-state index contributed by atoms with van der Waals surface area (Å²) in [6, 6.07) is 4.75. The normalized spacial score (nSPS) is 23.9. The van der Waals surface area contributed by atoms with E-state index in [1.54, 1.807) is 7.11 Å². The van der Waals surface area contributed by atoms with E-state index < -0.39 is 0 Å². The van der Waals surface area contributed by atoms with Crippen LogP contribution in [0.5, 0.6) is 0 Å². The number of rotatable bonds is 6. The molecule has 0 aliphatic heterocycles. The van der Waals surface area contributed by atoms with Crippen LogP contribution in [0.3, 0.4) is 0 Å². The Morgan fingerprint density at radius 2 is 2.37 bits per heavy atom. The molecular formula is C16H24N2O.